The van der Waals surface area contributed by atoms with Crippen LogP contribution in [0.2, 0.25) is 0 Å². The quantitative estimate of drug-likeness (QED) is 0.398. The van der Waals surface area contributed by atoms with Gasteiger partial charge in [0.1, 0.15) is 36.3 Å². The molecule has 2 N–H and O–H groups in total. The molecule has 5 nitrogen and oxygen atoms in total. The van der Waals surface area contributed by atoms with Crippen molar-refractivity contribution in [2.24, 2.45) is 0 Å². The average molecular weight is 258 g/mol. The van der Waals surface area contributed by atoms with Crippen LogP contribution in [0.15, 0.2) is 0 Å². The van der Waals surface area contributed by atoms with Crippen LogP contribution >= 0.6 is 11.6 Å². The highest BCUT2D eigenvalue weighted by Gasteiger charge is 2.22. The van der Waals surface area contributed by atoms with Crippen LogP contribution in [-0.4, -0.2) is 63.9 Å². The summed E-state index contributed by atoms with van der Waals surface area (Å²) in [5.41, 5.74) is 0. The zero-order chi connectivity index (χ0) is 11.3. The van der Waals surface area contributed by atoms with Crippen molar-refractivity contribution in [2.75, 3.05) is 50.9 Å². The van der Waals surface area contributed by atoms with E-state index in [0.717, 1.165) is 32.7 Å². The number of hydrogen-bond donors (Lipinski definition) is 2. The van der Waals surface area contributed by atoms with Crippen LogP contribution < -0.4 is 9.80 Å². The van der Waals surface area contributed by atoms with Crippen LogP contribution in [0.1, 0.15) is 0 Å². The van der Waals surface area contributed by atoms with E-state index in [9.17, 15) is 13.0 Å². The van der Waals surface area contributed by atoms with Crippen molar-refractivity contribution in [3.05, 3.63) is 0 Å². The van der Waals surface area contributed by atoms with Crippen LogP contribution in [0.4, 0.5) is 0 Å². The Kier molecular flexibility index (Phi) is 5.28. The second-order valence-corrected chi connectivity index (χ2v) is 5.85. The second kappa shape index (κ2) is 6.00. The van der Waals surface area contributed by atoms with E-state index in [-0.39, 0.29) is 5.75 Å². The molecule has 0 aromatic heterocycles. The van der Waals surface area contributed by atoms with E-state index in [4.69, 9.17) is 11.6 Å². The van der Waals surface area contributed by atoms with Gasteiger partial charge in [-0.25, -0.2) is 8.42 Å². The summed E-state index contributed by atoms with van der Waals surface area (Å²) < 4.78 is 31.3. The zero-order valence-corrected chi connectivity index (χ0v) is 10.2. The van der Waals surface area contributed by atoms with E-state index < -0.39 is 10.1 Å². The highest BCUT2D eigenvalue weighted by molar-refractivity contribution is 7.85. The van der Waals surface area contributed by atoms with Crippen LogP contribution in [0.5, 0.6) is 0 Å². The van der Waals surface area contributed by atoms with Crippen LogP contribution in [0, 0.1) is 0 Å². The summed E-state index contributed by atoms with van der Waals surface area (Å²) in [6, 6.07) is 0. The molecule has 1 saturated heterocycles. The fourth-order valence-electron chi connectivity index (χ4n) is 1.86. The first-order valence-electron chi connectivity index (χ1n) is 5.18. The average Bonchev–Trinajstić information content (AvgIpc) is 2.16. The number of nitrogens with one attached hydrogen (secondary N) is 2. The lowest BCUT2D eigenvalue weighted by Gasteiger charge is -2.29. The summed E-state index contributed by atoms with van der Waals surface area (Å²) in [4.78, 5) is 2.69. The maximum Gasteiger partial charge on any atom is 0.127 e. The van der Waals surface area contributed by atoms with Crippen molar-refractivity contribution in [1.29, 1.82) is 0 Å². The summed E-state index contributed by atoms with van der Waals surface area (Å²) in [5.74, 6) is 0.423. The Labute approximate surface area is 95.7 Å². The number of alkyl halides is 1. The highest BCUT2D eigenvalue weighted by atomic mass is 35.5. The standard InChI is InChI=1S/C8H17ClN2O3S/c9-1-2-10-3-5-11(6-4-10)7-8-15(12,13)14/h1-8H2,(H,12,13,14)/p+1. The van der Waals surface area contributed by atoms with Crippen molar-refractivity contribution in [3.63, 3.8) is 0 Å². The van der Waals surface area contributed by atoms with Gasteiger partial charge in [0.05, 0.1) is 24.7 Å². The van der Waals surface area contributed by atoms with E-state index in [1.165, 1.54) is 9.80 Å². The number of hydrogen-bond acceptors (Lipinski definition) is 3. The number of halogens is 1. The molecule has 0 amide bonds. The van der Waals surface area contributed by atoms with Crippen molar-refractivity contribution < 1.29 is 22.8 Å². The molecule has 1 rings (SSSR count). The summed E-state index contributed by atoms with van der Waals surface area (Å²) in [7, 11) is -4.05. The Morgan fingerprint density at radius 3 is 1.93 bits per heavy atom. The van der Waals surface area contributed by atoms with Gasteiger partial charge in [-0.1, -0.05) is 0 Å². The molecule has 15 heavy (non-hydrogen) atoms. The van der Waals surface area contributed by atoms with Gasteiger partial charge in [-0.05, 0) is 0 Å². The van der Waals surface area contributed by atoms with Crippen molar-refractivity contribution in [2.45, 2.75) is 0 Å². The lowest BCUT2D eigenvalue weighted by molar-refractivity contribution is -1.01. The van der Waals surface area contributed by atoms with Crippen LogP contribution in [0.25, 0.3) is 0 Å². The Hall–Kier alpha value is 0.120. The van der Waals surface area contributed by atoms with E-state index in [1.54, 1.807) is 0 Å². The second-order valence-electron chi connectivity index (χ2n) is 3.95. The molecule has 1 aliphatic heterocycles. The first-order valence-corrected chi connectivity index (χ1v) is 7.29. The summed E-state index contributed by atoms with van der Waals surface area (Å²) in [6.45, 7) is 5.31. The van der Waals surface area contributed by atoms with Gasteiger partial charge in [0.25, 0.3) is 0 Å². The van der Waals surface area contributed by atoms with Crippen molar-refractivity contribution in [3.8, 4) is 0 Å². The largest absolute Gasteiger partial charge is 0.748 e. The molecule has 0 aromatic carbocycles. The van der Waals surface area contributed by atoms with Gasteiger partial charge in [0.2, 0.25) is 0 Å². The third-order valence-corrected chi connectivity index (χ3v) is 3.71. The van der Waals surface area contributed by atoms with Gasteiger partial charge in [0.15, 0.2) is 0 Å². The third kappa shape index (κ3) is 5.67. The number of rotatable bonds is 5. The summed E-state index contributed by atoms with van der Waals surface area (Å²) >= 11 is 5.64. The highest BCUT2D eigenvalue weighted by Crippen LogP contribution is 1.76. The fraction of sp³-hybridized carbons (Fsp3) is 1.00. The van der Waals surface area contributed by atoms with Gasteiger partial charge in [-0.3, -0.25) is 0 Å². The molecule has 0 aliphatic carbocycles. The molecule has 1 heterocycles. The molecule has 0 bridgehead atoms. The first-order chi connectivity index (χ1) is 7.01. The lowest BCUT2D eigenvalue weighted by atomic mass is 10.3. The minimum atomic E-state index is -4.05. The number of quaternary nitrogens is 2. The SMILES string of the molecule is O=S(=O)([O-])CC[NH+]1CC[NH+](CCCl)CC1. The molecule has 0 aromatic rings. The van der Waals surface area contributed by atoms with Crippen molar-refractivity contribution in [1.82, 2.24) is 0 Å². The van der Waals surface area contributed by atoms with Gasteiger partial charge in [0, 0.05) is 0 Å². The Morgan fingerprint density at radius 2 is 1.53 bits per heavy atom. The molecule has 1 aliphatic rings. The minimum absolute atomic E-state index is 0.243. The molecule has 0 radical (unpaired) electrons. The van der Waals surface area contributed by atoms with E-state index >= 15 is 0 Å². The normalized spacial score (nSPS) is 27.9. The first kappa shape index (κ1) is 13.2. The molecule has 1 fully saturated rings. The third-order valence-electron chi connectivity index (χ3n) is 2.82. The topological polar surface area (TPSA) is 66.1 Å². The molecule has 0 saturated carbocycles. The lowest BCUT2D eigenvalue weighted by Crippen LogP contribution is -3.28. The van der Waals surface area contributed by atoms with E-state index in [1.807, 2.05) is 0 Å². The predicted octanol–water partition coefficient (Wildman–Crippen LogP) is -3.45. The molecular formula is C8H18ClN2O3S+. The van der Waals surface area contributed by atoms with E-state index in [2.05, 4.69) is 0 Å². The zero-order valence-electron chi connectivity index (χ0n) is 8.67. The maximum absolute atomic E-state index is 10.4. The monoisotopic (exact) mass is 257 g/mol. The summed E-state index contributed by atoms with van der Waals surface area (Å²) in [5, 5.41) is 0. The molecular weight excluding hydrogens is 240 g/mol. The smallest absolute Gasteiger partial charge is 0.127 e. The number of piperazine rings is 1. The van der Waals surface area contributed by atoms with Gasteiger partial charge < -0.3 is 14.4 Å². The van der Waals surface area contributed by atoms with Crippen LogP contribution in [0.3, 0.4) is 0 Å². The maximum atomic E-state index is 10.4. The fourth-order valence-corrected chi connectivity index (χ4v) is 2.67. The molecule has 0 spiro atoms. The molecule has 7 heteroatoms. The van der Waals surface area contributed by atoms with Crippen molar-refractivity contribution >= 4 is 21.7 Å². The Balaban J connectivity index is 2.20. The predicted molar refractivity (Wildman–Crippen MR) is 56.4 cm³/mol. The molecule has 90 valence electrons. The summed E-state index contributed by atoms with van der Waals surface area (Å²) in [6.07, 6.45) is 0. The van der Waals surface area contributed by atoms with Gasteiger partial charge in [-0.15, -0.1) is 11.6 Å². The minimum Gasteiger partial charge on any atom is -0.748 e. The Bertz CT molecular complexity index is 276. The van der Waals surface area contributed by atoms with Crippen LogP contribution in [-0.2, 0) is 10.1 Å². The Morgan fingerprint density at radius 1 is 1.07 bits per heavy atom. The molecule has 0 atom stereocenters. The van der Waals surface area contributed by atoms with E-state index in [0.29, 0.717) is 12.4 Å². The van der Waals surface area contributed by atoms with Gasteiger partial charge in [-0.2, -0.15) is 0 Å². The molecule has 0 unspecified atom stereocenters. The van der Waals surface area contributed by atoms with Gasteiger partial charge >= 0.3 is 0 Å².